The molecule has 0 saturated carbocycles. The van der Waals surface area contributed by atoms with E-state index in [0.29, 0.717) is 16.9 Å². The largest absolute Gasteiger partial charge is 0.392 e. The van der Waals surface area contributed by atoms with Gasteiger partial charge in [-0.05, 0) is 44.5 Å². The van der Waals surface area contributed by atoms with E-state index in [1.807, 2.05) is 12.1 Å². The topological polar surface area (TPSA) is 65.7 Å². The highest BCUT2D eigenvalue weighted by atomic mass is 19.1. The number of halogens is 1. The van der Waals surface area contributed by atoms with Gasteiger partial charge >= 0.3 is 0 Å². The maximum Gasteiger partial charge on any atom is 0.157 e. The third-order valence-electron chi connectivity index (χ3n) is 4.95. The van der Waals surface area contributed by atoms with Gasteiger partial charge in [0.15, 0.2) is 5.65 Å². The minimum absolute atomic E-state index is 0.195. The molecule has 4 rings (SSSR count). The summed E-state index contributed by atoms with van der Waals surface area (Å²) in [7, 11) is 0. The van der Waals surface area contributed by atoms with E-state index in [1.165, 1.54) is 6.07 Å². The summed E-state index contributed by atoms with van der Waals surface area (Å²) in [6.45, 7) is 3.52. The lowest BCUT2D eigenvalue weighted by Crippen LogP contribution is -2.39. The molecule has 6 nitrogen and oxygen atoms in total. The van der Waals surface area contributed by atoms with Gasteiger partial charge < -0.3 is 15.3 Å². The number of β-amino-alcohol motifs (C(OH)–C–C–N with tert-alkyl or cyclic N) is 1. The standard InChI is InChI=1S/C20H24FN5O/c21-17-7-2-1-6-16(17)18-13-20(26-19(24-18)8-10-23-26)22-9-4-12-25-11-3-5-15(27)14-25/h1-2,6-8,10,13,15,22,27H,3-5,9,11-12,14H2/t15-/m1/s1. The first-order valence-corrected chi connectivity index (χ1v) is 9.45. The number of benzene rings is 1. The van der Waals surface area contributed by atoms with E-state index in [2.05, 4.69) is 20.3 Å². The maximum absolute atomic E-state index is 14.2. The number of fused-ring (bicyclic) bond motifs is 1. The summed E-state index contributed by atoms with van der Waals surface area (Å²) >= 11 is 0. The van der Waals surface area contributed by atoms with Gasteiger partial charge in [0.25, 0.3) is 0 Å². The lowest BCUT2D eigenvalue weighted by atomic mass is 10.1. The first-order chi connectivity index (χ1) is 13.2. The average Bonchev–Trinajstić information content (AvgIpc) is 3.14. The summed E-state index contributed by atoms with van der Waals surface area (Å²) in [6.07, 6.45) is 4.40. The van der Waals surface area contributed by atoms with Crippen molar-refractivity contribution in [1.29, 1.82) is 0 Å². The van der Waals surface area contributed by atoms with Gasteiger partial charge in [0.05, 0.1) is 18.0 Å². The molecule has 7 heteroatoms. The number of likely N-dealkylation sites (tertiary alicyclic amines) is 1. The van der Waals surface area contributed by atoms with Gasteiger partial charge in [-0.1, -0.05) is 12.1 Å². The quantitative estimate of drug-likeness (QED) is 0.654. The minimum Gasteiger partial charge on any atom is -0.392 e. The summed E-state index contributed by atoms with van der Waals surface area (Å²) in [5, 5.41) is 17.5. The van der Waals surface area contributed by atoms with E-state index in [4.69, 9.17) is 0 Å². The summed E-state index contributed by atoms with van der Waals surface area (Å²) in [5.41, 5.74) is 1.74. The van der Waals surface area contributed by atoms with Crippen LogP contribution in [0.5, 0.6) is 0 Å². The van der Waals surface area contributed by atoms with Crippen molar-refractivity contribution in [1.82, 2.24) is 19.5 Å². The van der Waals surface area contributed by atoms with Crippen LogP contribution in [0, 0.1) is 5.82 Å². The zero-order valence-electron chi connectivity index (χ0n) is 15.2. The molecule has 2 N–H and O–H groups in total. The second-order valence-electron chi connectivity index (χ2n) is 6.98. The van der Waals surface area contributed by atoms with Crippen LogP contribution in [0.1, 0.15) is 19.3 Å². The number of aliphatic hydroxyl groups is 1. The average molecular weight is 369 g/mol. The van der Waals surface area contributed by atoms with Crippen molar-refractivity contribution in [3.05, 3.63) is 48.4 Å². The van der Waals surface area contributed by atoms with Gasteiger partial charge in [0.2, 0.25) is 0 Å². The molecule has 0 spiro atoms. The summed E-state index contributed by atoms with van der Waals surface area (Å²) in [5.74, 6) is 0.505. The Morgan fingerprint density at radius 2 is 2.15 bits per heavy atom. The van der Waals surface area contributed by atoms with Crippen molar-refractivity contribution in [2.24, 2.45) is 0 Å². The summed E-state index contributed by atoms with van der Waals surface area (Å²) < 4.78 is 15.9. The third kappa shape index (κ3) is 4.09. The molecule has 1 aliphatic heterocycles. The zero-order chi connectivity index (χ0) is 18.6. The van der Waals surface area contributed by atoms with Crippen LogP contribution >= 0.6 is 0 Å². The number of anilines is 1. The Bertz CT molecular complexity index is 912. The number of aliphatic hydroxyl groups excluding tert-OH is 1. The van der Waals surface area contributed by atoms with Crippen molar-refractivity contribution < 1.29 is 9.50 Å². The first kappa shape index (κ1) is 17.9. The third-order valence-corrected chi connectivity index (χ3v) is 4.95. The predicted molar refractivity (Wildman–Crippen MR) is 103 cm³/mol. The number of hydrogen-bond acceptors (Lipinski definition) is 5. The van der Waals surface area contributed by atoms with E-state index in [9.17, 15) is 9.50 Å². The van der Waals surface area contributed by atoms with E-state index >= 15 is 0 Å². The molecule has 1 aliphatic rings. The van der Waals surface area contributed by atoms with Gasteiger partial charge in [0.1, 0.15) is 11.6 Å². The van der Waals surface area contributed by atoms with E-state index in [0.717, 1.165) is 51.3 Å². The molecule has 3 heterocycles. The summed E-state index contributed by atoms with van der Waals surface area (Å²) in [4.78, 5) is 6.82. The number of nitrogens with zero attached hydrogens (tertiary/aromatic N) is 4. The SMILES string of the molecule is O[C@@H]1CCCN(CCCNc2cc(-c3ccccc3F)nc3ccnn23)C1. The second kappa shape index (κ2) is 8.02. The molecule has 142 valence electrons. The van der Waals surface area contributed by atoms with Gasteiger partial charge in [-0.2, -0.15) is 9.61 Å². The number of aromatic nitrogens is 3. The Morgan fingerprint density at radius 1 is 1.26 bits per heavy atom. The summed E-state index contributed by atoms with van der Waals surface area (Å²) in [6, 6.07) is 10.3. The Labute approximate surface area is 157 Å². The molecule has 1 fully saturated rings. The Morgan fingerprint density at radius 3 is 3.00 bits per heavy atom. The lowest BCUT2D eigenvalue weighted by Gasteiger charge is -2.29. The van der Waals surface area contributed by atoms with Gasteiger partial charge in [0, 0.05) is 30.8 Å². The first-order valence-electron chi connectivity index (χ1n) is 9.45. The second-order valence-corrected chi connectivity index (χ2v) is 6.98. The van der Waals surface area contributed by atoms with Crippen molar-refractivity contribution in [2.75, 3.05) is 31.5 Å². The number of hydrogen-bond donors (Lipinski definition) is 2. The highest BCUT2D eigenvalue weighted by Gasteiger charge is 2.17. The maximum atomic E-state index is 14.2. The van der Waals surface area contributed by atoms with Crippen molar-refractivity contribution in [2.45, 2.75) is 25.4 Å². The molecule has 0 radical (unpaired) electrons. The monoisotopic (exact) mass is 369 g/mol. The van der Waals surface area contributed by atoms with Crippen molar-refractivity contribution in [3.63, 3.8) is 0 Å². The molecule has 2 aromatic heterocycles. The Kier molecular flexibility index (Phi) is 5.31. The highest BCUT2D eigenvalue weighted by molar-refractivity contribution is 5.66. The van der Waals surface area contributed by atoms with Crippen LogP contribution in [0.25, 0.3) is 16.9 Å². The number of nitrogens with one attached hydrogen (secondary N) is 1. The molecule has 27 heavy (non-hydrogen) atoms. The van der Waals surface area contributed by atoms with Crippen LogP contribution in [-0.4, -0.2) is 56.9 Å². The fourth-order valence-corrected chi connectivity index (χ4v) is 3.60. The van der Waals surface area contributed by atoms with Crippen LogP contribution in [-0.2, 0) is 0 Å². The van der Waals surface area contributed by atoms with Crippen LogP contribution in [0.3, 0.4) is 0 Å². The molecule has 1 atom stereocenters. The lowest BCUT2D eigenvalue weighted by molar-refractivity contribution is 0.0706. The van der Waals surface area contributed by atoms with Crippen LogP contribution in [0.2, 0.25) is 0 Å². The smallest absolute Gasteiger partial charge is 0.157 e. The van der Waals surface area contributed by atoms with E-state index in [1.54, 1.807) is 28.9 Å². The fourth-order valence-electron chi connectivity index (χ4n) is 3.60. The van der Waals surface area contributed by atoms with E-state index in [-0.39, 0.29) is 11.9 Å². The van der Waals surface area contributed by atoms with Gasteiger partial charge in [-0.25, -0.2) is 9.37 Å². The Balaban J connectivity index is 1.46. The van der Waals surface area contributed by atoms with E-state index < -0.39 is 0 Å². The van der Waals surface area contributed by atoms with Crippen LogP contribution in [0.4, 0.5) is 10.2 Å². The molecule has 1 aromatic carbocycles. The van der Waals surface area contributed by atoms with Gasteiger partial charge in [-0.3, -0.25) is 0 Å². The van der Waals surface area contributed by atoms with Gasteiger partial charge in [-0.15, -0.1) is 0 Å². The highest BCUT2D eigenvalue weighted by Crippen LogP contribution is 2.24. The molecule has 0 aliphatic carbocycles. The number of rotatable bonds is 6. The molecule has 0 unspecified atom stereocenters. The molecule has 0 bridgehead atoms. The van der Waals surface area contributed by atoms with Crippen LogP contribution in [0.15, 0.2) is 42.6 Å². The molecule has 3 aromatic rings. The molecule has 0 amide bonds. The Hall–Kier alpha value is -2.51. The molecule has 1 saturated heterocycles. The number of piperidine rings is 1. The molecular weight excluding hydrogens is 345 g/mol. The van der Waals surface area contributed by atoms with Crippen molar-refractivity contribution in [3.8, 4) is 11.3 Å². The molecular formula is C20H24FN5O. The fraction of sp³-hybridized carbons (Fsp3) is 0.400. The zero-order valence-corrected chi connectivity index (χ0v) is 15.2. The van der Waals surface area contributed by atoms with Crippen molar-refractivity contribution >= 4 is 11.5 Å². The predicted octanol–water partition coefficient (Wildman–Crippen LogP) is 2.79. The minimum atomic E-state index is -0.288. The normalized spacial score (nSPS) is 18.1. The van der Waals surface area contributed by atoms with Crippen LogP contribution < -0.4 is 5.32 Å².